The summed E-state index contributed by atoms with van der Waals surface area (Å²) in [5, 5.41) is 12.6. The summed E-state index contributed by atoms with van der Waals surface area (Å²) in [4.78, 5) is 0.0575. The Morgan fingerprint density at radius 2 is 2.00 bits per heavy atom. The zero-order valence-corrected chi connectivity index (χ0v) is 11.5. The first-order valence-corrected chi connectivity index (χ1v) is 7.28. The van der Waals surface area contributed by atoms with Crippen LogP contribution in [0.5, 0.6) is 0 Å². The number of aliphatic hydroxyl groups excluding tert-OH is 1. The SMILES string of the molecule is CNCC(O)CS(=O)(=O)c1ccc(Cl)c(Cl)c1. The summed E-state index contributed by atoms with van der Waals surface area (Å²) in [6, 6.07) is 4.07. The van der Waals surface area contributed by atoms with Gasteiger partial charge in [-0.05, 0) is 25.2 Å². The molecule has 0 aliphatic heterocycles. The van der Waals surface area contributed by atoms with Crippen LogP contribution in [0.1, 0.15) is 0 Å². The second-order valence-electron chi connectivity index (χ2n) is 3.57. The Hall–Kier alpha value is -0.330. The minimum Gasteiger partial charge on any atom is -0.391 e. The lowest BCUT2D eigenvalue weighted by molar-refractivity contribution is 0.197. The first-order chi connectivity index (χ1) is 7.86. The molecule has 96 valence electrons. The van der Waals surface area contributed by atoms with Crippen LogP contribution in [0.15, 0.2) is 23.1 Å². The number of hydrogen-bond acceptors (Lipinski definition) is 4. The molecular formula is C10H13Cl2NO3S. The van der Waals surface area contributed by atoms with E-state index in [1.54, 1.807) is 7.05 Å². The highest BCUT2D eigenvalue weighted by molar-refractivity contribution is 7.91. The normalized spacial score (nSPS) is 13.6. The zero-order chi connectivity index (χ0) is 13.1. The van der Waals surface area contributed by atoms with Crippen molar-refractivity contribution >= 4 is 33.0 Å². The van der Waals surface area contributed by atoms with Gasteiger partial charge in [-0.2, -0.15) is 0 Å². The minimum atomic E-state index is -3.55. The number of sulfone groups is 1. The summed E-state index contributed by atoms with van der Waals surface area (Å²) >= 11 is 11.4. The number of aliphatic hydroxyl groups is 1. The van der Waals surface area contributed by atoms with Crippen molar-refractivity contribution in [2.24, 2.45) is 0 Å². The Morgan fingerprint density at radius 1 is 1.35 bits per heavy atom. The van der Waals surface area contributed by atoms with Crippen molar-refractivity contribution < 1.29 is 13.5 Å². The zero-order valence-electron chi connectivity index (χ0n) is 9.15. The van der Waals surface area contributed by atoms with Crippen molar-refractivity contribution in [1.82, 2.24) is 5.32 Å². The van der Waals surface area contributed by atoms with Crippen LogP contribution >= 0.6 is 23.2 Å². The quantitative estimate of drug-likeness (QED) is 0.861. The molecule has 1 atom stereocenters. The molecule has 0 bridgehead atoms. The van der Waals surface area contributed by atoms with Crippen LogP contribution in [-0.4, -0.2) is 39.0 Å². The van der Waals surface area contributed by atoms with E-state index in [9.17, 15) is 13.5 Å². The van der Waals surface area contributed by atoms with Crippen molar-refractivity contribution in [3.05, 3.63) is 28.2 Å². The van der Waals surface area contributed by atoms with E-state index in [4.69, 9.17) is 23.2 Å². The summed E-state index contributed by atoms with van der Waals surface area (Å²) in [6.45, 7) is 0.209. The lowest BCUT2D eigenvalue weighted by Crippen LogP contribution is -2.30. The lowest BCUT2D eigenvalue weighted by atomic mass is 10.4. The molecule has 17 heavy (non-hydrogen) atoms. The van der Waals surface area contributed by atoms with Crippen LogP contribution < -0.4 is 5.32 Å². The minimum absolute atomic E-state index is 0.0575. The molecule has 0 aliphatic carbocycles. The van der Waals surface area contributed by atoms with Gasteiger partial charge in [0.25, 0.3) is 0 Å². The Bertz CT molecular complexity index is 490. The summed E-state index contributed by atoms with van der Waals surface area (Å²) in [5.74, 6) is -0.355. The summed E-state index contributed by atoms with van der Waals surface area (Å²) in [7, 11) is -1.92. The van der Waals surface area contributed by atoms with Crippen LogP contribution in [-0.2, 0) is 9.84 Å². The van der Waals surface area contributed by atoms with Gasteiger partial charge >= 0.3 is 0 Å². The van der Waals surface area contributed by atoms with Crippen molar-refractivity contribution in [2.45, 2.75) is 11.0 Å². The fourth-order valence-electron chi connectivity index (χ4n) is 1.31. The van der Waals surface area contributed by atoms with E-state index in [2.05, 4.69) is 5.32 Å². The maximum absolute atomic E-state index is 11.9. The number of nitrogens with one attached hydrogen (secondary N) is 1. The Balaban J connectivity index is 2.93. The van der Waals surface area contributed by atoms with Crippen LogP contribution in [0.25, 0.3) is 0 Å². The van der Waals surface area contributed by atoms with Crippen LogP contribution in [0.2, 0.25) is 10.0 Å². The highest BCUT2D eigenvalue weighted by Crippen LogP contribution is 2.25. The van der Waals surface area contributed by atoms with Gasteiger partial charge in [-0.3, -0.25) is 0 Å². The van der Waals surface area contributed by atoms with Gasteiger partial charge in [0, 0.05) is 6.54 Å². The molecule has 0 spiro atoms. The average molecular weight is 298 g/mol. The van der Waals surface area contributed by atoms with Gasteiger partial charge in [0.1, 0.15) is 0 Å². The summed E-state index contributed by atoms with van der Waals surface area (Å²) in [5.41, 5.74) is 0. The predicted octanol–water partition coefficient (Wildman–Crippen LogP) is 1.35. The van der Waals surface area contributed by atoms with Gasteiger partial charge in [0.2, 0.25) is 0 Å². The van der Waals surface area contributed by atoms with Crippen LogP contribution in [0.4, 0.5) is 0 Å². The first kappa shape index (κ1) is 14.7. The molecule has 0 saturated carbocycles. The molecule has 0 aliphatic rings. The number of halogens is 2. The Kier molecular flexibility index (Phi) is 5.22. The fraction of sp³-hybridized carbons (Fsp3) is 0.400. The van der Waals surface area contributed by atoms with E-state index >= 15 is 0 Å². The molecule has 7 heteroatoms. The average Bonchev–Trinajstić information content (AvgIpc) is 2.21. The van der Waals surface area contributed by atoms with E-state index in [0.717, 1.165) is 0 Å². The van der Waals surface area contributed by atoms with Gasteiger partial charge < -0.3 is 10.4 Å². The Labute approximate surface area is 110 Å². The molecule has 1 rings (SSSR count). The Morgan fingerprint density at radius 3 is 2.53 bits per heavy atom. The van der Waals surface area contributed by atoms with E-state index < -0.39 is 15.9 Å². The van der Waals surface area contributed by atoms with E-state index in [-0.39, 0.29) is 22.2 Å². The molecule has 0 aromatic heterocycles. The van der Waals surface area contributed by atoms with E-state index in [1.807, 2.05) is 0 Å². The smallest absolute Gasteiger partial charge is 0.181 e. The predicted molar refractivity (Wildman–Crippen MR) is 68.4 cm³/mol. The number of benzene rings is 1. The molecule has 1 aromatic rings. The molecule has 0 amide bonds. The molecule has 0 saturated heterocycles. The van der Waals surface area contributed by atoms with Gasteiger partial charge in [-0.25, -0.2) is 8.42 Å². The molecule has 0 radical (unpaired) electrons. The molecule has 4 nitrogen and oxygen atoms in total. The maximum Gasteiger partial charge on any atom is 0.181 e. The first-order valence-electron chi connectivity index (χ1n) is 4.87. The lowest BCUT2D eigenvalue weighted by Gasteiger charge is -2.11. The number of rotatable bonds is 5. The topological polar surface area (TPSA) is 66.4 Å². The monoisotopic (exact) mass is 297 g/mol. The third-order valence-electron chi connectivity index (χ3n) is 2.10. The van der Waals surface area contributed by atoms with Gasteiger partial charge in [0.15, 0.2) is 9.84 Å². The van der Waals surface area contributed by atoms with Crippen LogP contribution in [0, 0.1) is 0 Å². The standard InChI is InChI=1S/C10H13Cl2NO3S/c1-13-5-7(14)6-17(15,16)8-2-3-9(11)10(12)4-8/h2-4,7,13-14H,5-6H2,1H3. The van der Waals surface area contributed by atoms with E-state index in [0.29, 0.717) is 5.02 Å². The largest absolute Gasteiger partial charge is 0.391 e. The molecular weight excluding hydrogens is 285 g/mol. The van der Waals surface area contributed by atoms with Crippen molar-refractivity contribution in [3.8, 4) is 0 Å². The van der Waals surface area contributed by atoms with Crippen LogP contribution in [0.3, 0.4) is 0 Å². The number of likely N-dealkylation sites (N-methyl/N-ethyl adjacent to an activating group) is 1. The highest BCUT2D eigenvalue weighted by atomic mass is 35.5. The van der Waals surface area contributed by atoms with Gasteiger partial charge in [-0.15, -0.1) is 0 Å². The molecule has 2 N–H and O–H groups in total. The molecule has 1 unspecified atom stereocenters. The third-order valence-corrected chi connectivity index (χ3v) is 4.64. The summed E-state index contributed by atoms with van der Waals surface area (Å²) in [6.07, 6.45) is -0.959. The molecule has 0 heterocycles. The fourth-order valence-corrected chi connectivity index (χ4v) is 3.07. The van der Waals surface area contributed by atoms with Crippen molar-refractivity contribution in [3.63, 3.8) is 0 Å². The second-order valence-corrected chi connectivity index (χ2v) is 6.42. The highest BCUT2D eigenvalue weighted by Gasteiger charge is 2.20. The number of hydrogen-bond donors (Lipinski definition) is 2. The van der Waals surface area contributed by atoms with Crippen molar-refractivity contribution in [1.29, 1.82) is 0 Å². The van der Waals surface area contributed by atoms with Crippen molar-refractivity contribution in [2.75, 3.05) is 19.3 Å². The maximum atomic E-state index is 11.9. The third kappa shape index (κ3) is 4.12. The summed E-state index contributed by atoms with van der Waals surface area (Å²) < 4.78 is 23.8. The van der Waals surface area contributed by atoms with E-state index in [1.165, 1.54) is 18.2 Å². The second kappa shape index (κ2) is 6.02. The molecule has 1 aromatic carbocycles. The molecule has 0 fully saturated rings. The van der Waals surface area contributed by atoms with Gasteiger partial charge in [-0.1, -0.05) is 23.2 Å². The van der Waals surface area contributed by atoms with Gasteiger partial charge in [0.05, 0.1) is 26.8 Å².